The molecule has 0 amide bonds. The van der Waals surface area contributed by atoms with Crippen LogP contribution in [-0.2, 0) is 9.53 Å². The van der Waals surface area contributed by atoms with Crippen molar-refractivity contribution in [2.45, 2.75) is 26.4 Å². The summed E-state index contributed by atoms with van der Waals surface area (Å²) < 4.78 is 5.13. The standard InChI is InChI=1S/C13H17NO2/c1-13(2,3)16-12(15)9-11(14)10-7-5-4-6-8-10/h4-9H,14H2,1-3H3/b11-9-. The second-order valence-electron chi connectivity index (χ2n) is 4.50. The van der Waals surface area contributed by atoms with Gasteiger partial charge in [0.1, 0.15) is 5.60 Å². The summed E-state index contributed by atoms with van der Waals surface area (Å²) in [5.74, 6) is -0.422. The molecule has 0 unspecified atom stereocenters. The van der Waals surface area contributed by atoms with Gasteiger partial charge >= 0.3 is 5.97 Å². The first-order valence-corrected chi connectivity index (χ1v) is 5.14. The van der Waals surface area contributed by atoms with Crippen LogP contribution in [-0.4, -0.2) is 11.6 Å². The predicted octanol–water partition coefficient (Wildman–Crippen LogP) is 2.33. The van der Waals surface area contributed by atoms with Crippen LogP contribution in [0.3, 0.4) is 0 Å². The molecular weight excluding hydrogens is 202 g/mol. The molecule has 0 bridgehead atoms. The van der Waals surface area contributed by atoms with Gasteiger partial charge in [-0.1, -0.05) is 30.3 Å². The van der Waals surface area contributed by atoms with E-state index in [0.29, 0.717) is 5.70 Å². The topological polar surface area (TPSA) is 52.3 Å². The third-order valence-corrected chi connectivity index (χ3v) is 1.79. The number of carbonyl (C=O) groups is 1. The normalized spacial score (nSPS) is 12.3. The number of hydrogen-bond donors (Lipinski definition) is 1. The van der Waals surface area contributed by atoms with E-state index in [-0.39, 0.29) is 0 Å². The number of hydrogen-bond acceptors (Lipinski definition) is 3. The van der Waals surface area contributed by atoms with Crippen molar-refractivity contribution in [2.75, 3.05) is 0 Å². The Bertz CT molecular complexity index is 388. The Morgan fingerprint density at radius 3 is 2.31 bits per heavy atom. The van der Waals surface area contributed by atoms with Gasteiger partial charge < -0.3 is 10.5 Å². The van der Waals surface area contributed by atoms with Crippen LogP contribution in [0.15, 0.2) is 36.4 Å². The molecule has 0 radical (unpaired) electrons. The van der Waals surface area contributed by atoms with Crippen LogP contribution < -0.4 is 5.73 Å². The minimum absolute atomic E-state index is 0.412. The van der Waals surface area contributed by atoms with Gasteiger partial charge in [-0.15, -0.1) is 0 Å². The molecule has 0 fully saturated rings. The maximum absolute atomic E-state index is 11.5. The summed E-state index contributed by atoms with van der Waals surface area (Å²) in [4.78, 5) is 11.5. The summed E-state index contributed by atoms with van der Waals surface area (Å²) in [6, 6.07) is 9.31. The minimum Gasteiger partial charge on any atom is -0.457 e. The van der Waals surface area contributed by atoms with E-state index in [2.05, 4.69) is 0 Å². The Labute approximate surface area is 95.9 Å². The van der Waals surface area contributed by atoms with Gasteiger partial charge in [0, 0.05) is 11.8 Å². The van der Waals surface area contributed by atoms with Crippen LogP contribution in [0.1, 0.15) is 26.3 Å². The van der Waals surface area contributed by atoms with Gasteiger partial charge in [0.05, 0.1) is 0 Å². The second kappa shape index (κ2) is 4.84. The van der Waals surface area contributed by atoms with Gasteiger partial charge in [-0.2, -0.15) is 0 Å². The molecule has 0 aliphatic rings. The first kappa shape index (κ1) is 12.3. The maximum atomic E-state index is 11.5. The number of ether oxygens (including phenoxy) is 1. The molecule has 0 atom stereocenters. The lowest BCUT2D eigenvalue weighted by Crippen LogP contribution is -2.23. The van der Waals surface area contributed by atoms with E-state index in [9.17, 15) is 4.79 Å². The molecular formula is C13H17NO2. The summed E-state index contributed by atoms with van der Waals surface area (Å²) in [6.45, 7) is 5.45. The van der Waals surface area contributed by atoms with Crippen LogP contribution in [0.4, 0.5) is 0 Å². The van der Waals surface area contributed by atoms with Crippen LogP contribution in [0.25, 0.3) is 5.70 Å². The number of esters is 1. The van der Waals surface area contributed by atoms with Crippen LogP contribution in [0.5, 0.6) is 0 Å². The van der Waals surface area contributed by atoms with E-state index in [1.165, 1.54) is 6.08 Å². The van der Waals surface area contributed by atoms with Crippen molar-refractivity contribution >= 4 is 11.7 Å². The molecule has 2 N–H and O–H groups in total. The van der Waals surface area contributed by atoms with Gasteiger partial charge in [0.25, 0.3) is 0 Å². The second-order valence-corrected chi connectivity index (χ2v) is 4.50. The first-order valence-electron chi connectivity index (χ1n) is 5.14. The Kier molecular flexibility index (Phi) is 3.72. The third-order valence-electron chi connectivity index (χ3n) is 1.79. The predicted molar refractivity (Wildman–Crippen MR) is 64.5 cm³/mol. The summed E-state index contributed by atoms with van der Waals surface area (Å²) in [6.07, 6.45) is 1.31. The number of benzene rings is 1. The molecule has 0 aliphatic carbocycles. The highest BCUT2D eigenvalue weighted by Gasteiger charge is 2.14. The van der Waals surface area contributed by atoms with E-state index < -0.39 is 11.6 Å². The van der Waals surface area contributed by atoms with Crippen LogP contribution >= 0.6 is 0 Å². The fraction of sp³-hybridized carbons (Fsp3) is 0.308. The zero-order chi connectivity index (χ0) is 12.2. The van der Waals surface area contributed by atoms with E-state index in [1.807, 2.05) is 51.1 Å². The minimum atomic E-state index is -0.495. The lowest BCUT2D eigenvalue weighted by Gasteiger charge is -2.18. The molecule has 0 spiro atoms. The molecule has 0 heterocycles. The Morgan fingerprint density at radius 2 is 1.81 bits per heavy atom. The summed E-state index contributed by atoms with van der Waals surface area (Å²) in [7, 11) is 0. The van der Waals surface area contributed by atoms with Crippen molar-refractivity contribution in [3.8, 4) is 0 Å². The molecule has 1 aromatic carbocycles. The molecule has 0 saturated heterocycles. The maximum Gasteiger partial charge on any atom is 0.333 e. The molecule has 1 rings (SSSR count). The Hall–Kier alpha value is -1.77. The smallest absolute Gasteiger partial charge is 0.333 e. The molecule has 1 aromatic rings. The van der Waals surface area contributed by atoms with Gasteiger partial charge in [0.2, 0.25) is 0 Å². The summed E-state index contributed by atoms with van der Waals surface area (Å²) in [5.41, 5.74) is 6.50. The third kappa shape index (κ3) is 4.17. The van der Waals surface area contributed by atoms with E-state index in [1.54, 1.807) is 0 Å². The lowest BCUT2D eigenvalue weighted by atomic mass is 10.1. The first-order chi connectivity index (χ1) is 7.38. The largest absolute Gasteiger partial charge is 0.457 e. The highest BCUT2D eigenvalue weighted by molar-refractivity contribution is 5.90. The molecule has 86 valence electrons. The number of rotatable bonds is 2. The number of carbonyl (C=O) groups excluding carboxylic acids is 1. The molecule has 3 heteroatoms. The van der Waals surface area contributed by atoms with Gasteiger partial charge in [0.15, 0.2) is 0 Å². The van der Waals surface area contributed by atoms with Crippen molar-refractivity contribution in [2.24, 2.45) is 5.73 Å². The van der Waals surface area contributed by atoms with Crippen molar-refractivity contribution in [3.63, 3.8) is 0 Å². The van der Waals surface area contributed by atoms with Gasteiger partial charge in [-0.25, -0.2) is 4.79 Å². The fourth-order valence-corrected chi connectivity index (χ4v) is 1.17. The fourth-order valence-electron chi connectivity index (χ4n) is 1.17. The van der Waals surface area contributed by atoms with E-state index in [4.69, 9.17) is 10.5 Å². The van der Waals surface area contributed by atoms with Crippen molar-refractivity contribution in [1.29, 1.82) is 0 Å². The zero-order valence-electron chi connectivity index (χ0n) is 9.86. The lowest BCUT2D eigenvalue weighted by molar-refractivity contribution is -0.148. The average molecular weight is 219 g/mol. The number of nitrogens with two attached hydrogens (primary N) is 1. The molecule has 0 aromatic heterocycles. The zero-order valence-corrected chi connectivity index (χ0v) is 9.86. The van der Waals surface area contributed by atoms with E-state index in [0.717, 1.165) is 5.56 Å². The van der Waals surface area contributed by atoms with Crippen molar-refractivity contribution in [1.82, 2.24) is 0 Å². The molecule has 0 saturated carbocycles. The molecule has 3 nitrogen and oxygen atoms in total. The van der Waals surface area contributed by atoms with Crippen molar-refractivity contribution in [3.05, 3.63) is 42.0 Å². The van der Waals surface area contributed by atoms with Gasteiger partial charge in [-0.3, -0.25) is 0 Å². The summed E-state index contributed by atoms with van der Waals surface area (Å²) in [5, 5.41) is 0. The SMILES string of the molecule is CC(C)(C)OC(=O)/C=C(\N)c1ccccc1. The highest BCUT2D eigenvalue weighted by atomic mass is 16.6. The average Bonchev–Trinajstić information content (AvgIpc) is 2.16. The monoisotopic (exact) mass is 219 g/mol. The highest BCUT2D eigenvalue weighted by Crippen LogP contribution is 2.11. The summed E-state index contributed by atoms with van der Waals surface area (Å²) >= 11 is 0. The quantitative estimate of drug-likeness (QED) is 0.613. The van der Waals surface area contributed by atoms with Crippen molar-refractivity contribution < 1.29 is 9.53 Å². The van der Waals surface area contributed by atoms with E-state index >= 15 is 0 Å². The van der Waals surface area contributed by atoms with Crippen LogP contribution in [0.2, 0.25) is 0 Å². The molecule has 16 heavy (non-hydrogen) atoms. The van der Waals surface area contributed by atoms with Gasteiger partial charge in [-0.05, 0) is 26.3 Å². The van der Waals surface area contributed by atoms with Crippen LogP contribution in [0, 0.1) is 0 Å². The Balaban J connectivity index is 2.75. The Morgan fingerprint density at radius 1 is 1.25 bits per heavy atom. The molecule has 0 aliphatic heterocycles.